The monoisotopic (exact) mass is 276 g/mol. The van der Waals surface area contributed by atoms with Gasteiger partial charge in [-0.2, -0.15) is 0 Å². The summed E-state index contributed by atoms with van der Waals surface area (Å²) in [4.78, 5) is 17.4. The first-order valence-electron chi connectivity index (χ1n) is 5.27. The Kier molecular flexibility index (Phi) is 4.49. The Morgan fingerprint density at radius 3 is 2.61 bits per heavy atom. The SMILES string of the molecule is CC(C)CONS(=O)(=O)c1cc(C(=O)O)n(C)c1. The summed E-state index contributed by atoms with van der Waals surface area (Å²) in [5, 5.41) is 8.83. The van der Waals surface area contributed by atoms with E-state index >= 15 is 0 Å². The fourth-order valence-electron chi connectivity index (χ4n) is 1.22. The molecule has 0 bridgehead atoms. The molecule has 0 saturated heterocycles. The molecule has 102 valence electrons. The highest BCUT2D eigenvalue weighted by atomic mass is 32.2. The van der Waals surface area contributed by atoms with Gasteiger partial charge in [0, 0.05) is 13.2 Å². The lowest BCUT2D eigenvalue weighted by molar-refractivity contribution is 0.0686. The second-order valence-corrected chi connectivity index (χ2v) is 5.91. The van der Waals surface area contributed by atoms with Crippen LogP contribution in [0.2, 0.25) is 0 Å². The standard InChI is InChI=1S/C10H16N2O5S/c1-7(2)6-17-11-18(15,16)8-4-9(10(13)14)12(3)5-8/h4-5,7,11H,6H2,1-3H3,(H,13,14). The number of sulfonamides is 1. The van der Waals surface area contributed by atoms with Crippen LogP contribution in [0.3, 0.4) is 0 Å². The third-order valence-electron chi connectivity index (χ3n) is 2.09. The van der Waals surface area contributed by atoms with Gasteiger partial charge in [0.25, 0.3) is 10.0 Å². The number of aromatic carboxylic acids is 1. The number of nitrogens with zero attached hydrogens (tertiary/aromatic N) is 1. The number of carboxylic acid groups (broad SMARTS) is 1. The van der Waals surface area contributed by atoms with Gasteiger partial charge < -0.3 is 9.67 Å². The van der Waals surface area contributed by atoms with Crippen molar-refractivity contribution < 1.29 is 23.2 Å². The van der Waals surface area contributed by atoms with Crippen molar-refractivity contribution in [3.05, 3.63) is 18.0 Å². The van der Waals surface area contributed by atoms with Gasteiger partial charge >= 0.3 is 5.97 Å². The molecule has 0 spiro atoms. The predicted molar refractivity (Wildman–Crippen MR) is 63.5 cm³/mol. The first kappa shape index (κ1) is 14.7. The molecule has 0 radical (unpaired) electrons. The number of nitrogens with one attached hydrogen (secondary N) is 1. The molecule has 1 aromatic heterocycles. The summed E-state index contributed by atoms with van der Waals surface area (Å²) in [5.41, 5.74) is -0.112. The van der Waals surface area contributed by atoms with Crippen molar-refractivity contribution in [3.8, 4) is 0 Å². The van der Waals surface area contributed by atoms with E-state index < -0.39 is 16.0 Å². The van der Waals surface area contributed by atoms with Gasteiger partial charge in [-0.25, -0.2) is 13.2 Å². The van der Waals surface area contributed by atoms with Crippen LogP contribution in [0.5, 0.6) is 0 Å². The summed E-state index contributed by atoms with van der Waals surface area (Å²) in [6, 6.07) is 1.07. The Labute approximate surface area is 105 Å². The highest BCUT2D eigenvalue weighted by Gasteiger charge is 2.20. The zero-order chi connectivity index (χ0) is 13.9. The summed E-state index contributed by atoms with van der Waals surface area (Å²) < 4.78 is 24.7. The van der Waals surface area contributed by atoms with E-state index in [1.807, 2.05) is 18.7 Å². The van der Waals surface area contributed by atoms with Crippen LogP contribution < -0.4 is 4.89 Å². The summed E-state index contributed by atoms with van der Waals surface area (Å²) in [7, 11) is -2.39. The fourth-order valence-corrected chi connectivity index (χ4v) is 2.10. The average molecular weight is 276 g/mol. The van der Waals surface area contributed by atoms with Gasteiger partial charge in [0.05, 0.1) is 6.61 Å². The van der Waals surface area contributed by atoms with E-state index in [9.17, 15) is 13.2 Å². The molecule has 0 amide bonds. The zero-order valence-electron chi connectivity index (χ0n) is 10.4. The summed E-state index contributed by atoms with van der Waals surface area (Å²) in [5.74, 6) is -1.01. The lowest BCUT2D eigenvalue weighted by Gasteiger charge is -2.07. The molecule has 0 atom stereocenters. The first-order valence-corrected chi connectivity index (χ1v) is 6.75. The van der Waals surface area contributed by atoms with E-state index in [-0.39, 0.29) is 23.1 Å². The molecule has 8 heteroatoms. The van der Waals surface area contributed by atoms with Gasteiger partial charge in [-0.15, -0.1) is 0 Å². The fraction of sp³-hybridized carbons (Fsp3) is 0.500. The lowest BCUT2D eigenvalue weighted by atomic mass is 10.2. The number of carbonyl (C=O) groups is 1. The molecular weight excluding hydrogens is 260 g/mol. The van der Waals surface area contributed by atoms with E-state index in [4.69, 9.17) is 9.94 Å². The van der Waals surface area contributed by atoms with Crippen molar-refractivity contribution in [1.82, 2.24) is 9.45 Å². The van der Waals surface area contributed by atoms with Gasteiger partial charge in [0.2, 0.25) is 0 Å². The maximum Gasteiger partial charge on any atom is 0.352 e. The second-order valence-electron chi connectivity index (χ2n) is 4.27. The van der Waals surface area contributed by atoms with Crippen LogP contribution in [0, 0.1) is 5.92 Å². The number of carboxylic acids is 1. The van der Waals surface area contributed by atoms with Crippen molar-refractivity contribution in [2.24, 2.45) is 13.0 Å². The van der Waals surface area contributed by atoms with Crippen LogP contribution in [0.1, 0.15) is 24.3 Å². The minimum absolute atomic E-state index is 0.112. The number of hydrogen-bond acceptors (Lipinski definition) is 4. The minimum Gasteiger partial charge on any atom is -0.477 e. The molecule has 0 unspecified atom stereocenters. The molecule has 0 aromatic carbocycles. The molecule has 1 heterocycles. The van der Waals surface area contributed by atoms with Gasteiger partial charge in [-0.3, -0.25) is 4.84 Å². The van der Waals surface area contributed by atoms with Crippen LogP contribution in [0.25, 0.3) is 0 Å². The molecule has 0 aliphatic carbocycles. The quantitative estimate of drug-likeness (QED) is 0.741. The number of hydrogen-bond donors (Lipinski definition) is 2. The zero-order valence-corrected chi connectivity index (χ0v) is 11.2. The second kappa shape index (κ2) is 5.51. The Hall–Kier alpha value is -1.38. The summed E-state index contributed by atoms with van der Waals surface area (Å²) >= 11 is 0. The molecule has 0 fully saturated rings. The highest BCUT2D eigenvalue weighted by Crippen LogP contribution is 2.13. The lowest BCUT2D eigenvalue weighted by Crippen LogP contribution is -2.25. The molecular formula is C10H16N2O5S. The van der Waals surface area contributed by atoms with Crippen molar-refractivity contribution in [1.29, 1.82) is 0 Å². The van der Waals surface area contributed by atoms with E-state index in [0.29, 0.717) is 0 Å². The van der Waals surface area contributed by atoms with E-state index in [1.54, 1.807) is 0 Å². The Balaban J connectivity index is 2.85. The summed E-state index contributed by atoms with van der Waals surface area (Å²) in [6.07, 6.45) is 1.21. The highest BCUT2D eigenvalue weighted by molar-refractivity contribution is 7.89. The van der Waals surface area contributed by atoms with Gasteiger partial charge in [0.1, 0.15) is 10.6 Å². The van der Waals surface area contributed by atoms with Crippen LogP contribution in [0.4, 0.5) is 0 Å². The van der Waals surface area contributed by atoms with E-state index in [0.717, 1.165) is 6.07 Å². The van der Waals surface area contributed by atoms with Gasteiger partial charge in [-0.05, 0) is 12.0 Å². The van der Waals surface area contributed by atoms with Crippen molar-refractivity contribution in [2.75, 3.05) is 6.61 Å². The first-order chi connectivity index (χ1) is 8.24. The number of aromatic nitrogens is 1. The molecule has 7 nitrogen and oxygen atoms in total. The van der Waals surface area contributed by atoms with Crippen molar-refractivity contribution in [2.45, 2.75) is 18.7 Å². The smallest absolute Gasteiger partial charge is 0.352 e. The van der Waals surface area contributed by atoms with Crippen molar-refractivity contribution in [3.63, 3.8) is 0 Å². The van der Waals surface area contributed by atoms with E-state index in [2.05, 4.69) is 0 Å². The molecule has 0 aliphatic heterocycles. The normalized spacial score (nSPS) is 12.0. The maximum atomic E-state index is 11.8. The van der Waals surface area contributed by atoms with Crippen LogP contribution in [-0.4, -0.2) is 30.7 Å². The van der Waals surface area contributed by atoms with Crippen LogP contribution >= 0.6 is 0 Å². The van der Waals surface area contributed by atoms with Crippen molar-refractivity contribution >= 4 is 16.0 Å². The van der Waals surface area contributed by atoms with Crippen LogP contribution in [-0.2, 0) is 21.9 Å². The Morgan fingerprint density at radius 1 is 1.56 bits per heavy atom. The topological polar surface area (TPSA) is 97.6 Å². The van der Waals surface area contributed by atoms with E-state index in [1.165, 1.54) is 17.8 Å². The summed E-state index contributed by atoms with van der Waals surface area (Å²) in [6.45, 7) is 3.98. The Morgan fingerprint density at radius 2 is 2.17 bits per heavy atom. The molecule has 2 N–H and O–H groups in total. The molecule has 1 rings (SSSR count). The van der Waals surface area contributed by atoms with Gasteiger partial charge in [-0.1, -0.05) is 18.7 Å². The molecule has 18 heavy (non-hydrogen) atoms. The number of rotatable bonds is 6. The molecule has 0 saturated carbocycles. The average Bonchev–Trinajstić information content (AvgIpc) is 2.60. The molecule has 0 aliphatic rings. The minimum atomic E-state index is -3.85. The maximum absolute atomic E-state index is 11.8. The van der Waals surface area contributed by atoms with Crippen LogP contribution in [0.15, 0.2) is 17.2 Å². The third kappa shape index (κ3) is 3.56. The predicted octanol–water partition coefficient (Wildman–Crippen LogP) is 0.589. The molecule has 1 aromatic rings. The number of aryl methyl sites for hydroxylation is 1. The third-order valence-corrected chi connectivity index (χ3v) is 3.28. The Bertz CT molecular complexity index is 532. The van der Waals surface area contributed by atoms with Gasteiger partial charge in [0.15, 0.2) is 0 Å². The largest absolute Gasteiger partial charge is 0.477 e.